The van der Waals surface area contributed by atoms with Crippen molar-refractivity contribution in [2.75, 3.05) is 13.2 Å². The fourth-order valence-electron chi connectivity index (χ4n) is 2.98. The van der Waals surface area contributed by atoms with Gasteiger partial charge in [-0.2, -0.15) is 0 Å². The van der Waals surface area contributed by atoms with Crippen molar-refractivity contribution in [2.24, 2.45) is 0 Å². The first-order valence-corrected chi connectivity index (χ1v) is 8.73. The lowest BCUT2D eigenvalue weighted by molar-refractivity contribution is -0.116. The number of aliphatic hydroxyl groups excluding tert-OH is 1. The van der Waals surface area contributed by atoms with E-state index < -0.39 is 0 Å². The fourth-order valence-corrected chi connectivity index (χ4v) is 2.98. The van der Waals surface area contributed by atoms with Crippen molar-refractivity contribution in [1.82, 2.24) is 10.3 Å². The zero-order chi connectivity index (χ0) is 18.2. The van der Waals surface area contributed by atoms with E-state index in [-0.39, 0.29) is 18.4 Å². The van der Waals surface area contributed by atoms with E-state index >= 15 is 0 Å². The first-order chi connectivity index (χ1) is 12.8. The molecule has 0 fully saturated rings. The van der Waals surface area contributed by atoms with Crippen LogP contribution in [0.5, 0.6) is 0 Å². The van der Waals surface area contributed by atoms with Crippen LogP contribution in [0.1, 0.15) is 23.5 Å². The maximum atomic E-state index is 12.2. The predicted octanol–water partition coefficient (Wildman–Crippen LogP) is 3.53. The van der Waals surface area contributed by atoms with Gasteiger partial charge in [-0.05, 0) is 24.1 Å². The van der Waals surface area contributed by atoms with Crippen LogP contribution in [0.3, 0.4) is 0 Å². The average molecular weight is 346 g/mol. The fraction of sp³-hybridized carbons (Fsp3) is 0.182. The molecule has 0 spiro atoms. The largest absolute Gasteiger partial charge is 0.396 e. The van der Waals surface area contributed by atoms with E-state index in [9.17, 15) is 9.90 Å². The van der Waals surface area contributed by atoms with E-state index in [1.165, 1.54) is 6.08 Å². The second-order valence-corrected chi connectivity index (χ2v) is 6.12. The number of hydrogen-bond acceptors (Lipinski definition) is 3. The highest BCUT2D eigenvalue weighted by Crippen LogP contribution is 2.19. The maximum absolute atomic E-state index is 12.2. The number of rotatable bonds is 7. The summed E-state index contributed by atoms with van der Waals surface area (Å²) in [5.41, 5.74) is 2.90. The van der Waals surface area contributed by atoms with E-state index in [2.05, 4.69) is 10.3 Å². The van der Waals surface area contributed by atoms with Crippen LogP contribution in [0.25, 0.3) is 17.0 Å². The molecule has 0 saturated heterocycles. The Hall–Kier alpha value is -2.98. The third kappa shape index (κ3) is 4.55. The molecule has 0 aliphatic rings. The molecule has 3 aromatic rings. The second kappa shape index (κ2) is 8.92. The van der Waals surface area contributed by atoms with Crippen LogP contribution in [0.4, 0.5) is 0 Å². The van der Waals surface area contributed by atoms with Gasteiger partial charge in [-0.25, -0.2) is 0 Å². The standard InChI is InChI=1S/C22H22N2O2/c25-15-13-20(17-6-2-1-3-7-17)16-24-21(26)12-11-19-9-4-8-18-10-5-14-23-22(18)19/h1-12,14,20,25H,13,15-16H2,(H,24,26)/b12-11+. The highest BCUT2D eigenvalue weighted by atomic mass is 16.3. The SMILES string of the molecule is O=C(/C=C/c1cccc2cccnc12)NCC(CCO)c1ccccc1. The molecule has 4 heteroatoms. The summed E-state index contributed by atoms with van der Waals surface area (Å²) < 4.78 is 0. The lowest BCUT2D eigenvalue weighted by Gasteiger charge is -2.16. The van der Waals surface area contributed by atoms with Gasteiger partial charge in [-0.1, -0.05) is 54.6 Å². The van der Waals surface area contributed by atoms with Gasteiger partial charge in [0, 0.05) is 42.3 Å². The number of hydrogen-bond donors (Lipinski definition) is 2. The summed E-state index contributed by atoms with van der Waals surface area (Å²) in [6.45, 7) is 0.578. The van der Waals surface area contributed by atoms with E-state index in [0.717, 1.165) is 22.0 Å². The Bertz CT molecular complexity index is 886. The summed E-state index contributed by atoms with van der Waals surface area (Å²) in [6.07, 6.45) is 5.68. The molecule has 0 bridgehead atoms. The van der Waals surface area contributed by atoms with Gasteiger partial charge in [0.15, 0.2) is 0 Å². The van der Waals surface area contributed by atoms with Crippen molar-refractivity contribution in [1.29, 1.82) is 0 Å². The van der Waals surface area contributed by atoms with Crippen LogP contribution in [-0.4, -0.2) is 29.1 Å². The Balaban J connectivity index is 1.65. The monoisotopic (exact) mass is 346 g/mol. The number of aromatic nitrogens is 1. The third-order valence-corrected chi connectivity index (χ3v) is 4.35. The smallest absolute Gasteiger partial charge is 0.244 e. The minimum atomic E-state index is -0.156. The van der Waals surface area contributed by atoms with Crippen molar-refractivity contribution in [3.8, 4) is 0 Å². The number of benzene rings is 2. The van der Waals surface area contributed by atoms with Crippen LogP contribution < -0.4 is 5.32 Å². The first-order valence-electron chi connectivity index (χ1n) is 8.73. The molecule has 132 valence electrons. The van der Waals surface area contributed by atoms with Gasteiger partial charge in [0.25, 0.3) is 0 Å². The molecule has 2 N–H and O–H groups in total. The Morgan fingerprint density at radius 3 is 2.69 bits per heavy atom. The summed E-state index contributed by atoms with van der Waals surface area (Å²) in [5.74, 6) is -0.0606. The minimum Gasteiger partial charge on any atom is -0.396 e. The van der Waals surface area contributed by atoms with Gasteiger partial charge < -0.3 is 10.4 Å². The number of para-hydroxylation sites is 1. The molecule has 0 saturated carbocycles. The number of fused-ring (bicyclic) bond motifs is 1. The lowest BCUT2D eigenvalue weighted by atomic mass is 9.96. The Labute approximate surface area is 153 Å². The topological polar surface area (TPSA) is 62.2 Å². The van der Waals surface area contributed by atoms with Crippen molar-refractivity contribution in [3.63, 3.8) is 0 Å². The number of nitrogens with one attached hydrogen (secondary N) is 1. The lowest BCUT2D eigenvalue weighted by Crippen LogP contribution is -2.27. The first kappa shape index (κ1) is 17.8. The van der Waals surface area contributed by atoms with Gasteiger partial charge >= 0.3 is 0 Å². The van der Waals surface area contributed by atoms with Gasteiger partial charge in [0.2, 0.25) is 5.91 Å². The molecule has 1 amide bonds. The summed E-state index contributed by atoms with van der Waals surface area (Å²) in [7, 11) is 0. The van der Waals surface area contributed by atoms with Crippen molar-refractivity contribution in [3.05, 3.63) is 84.1 Å². The maximum Gasteiger partial charge on any atom is 0.244 e. The van der Waals surface area contributed by atoms with Crippen LogP contribution in [-0.2, 0) is 4.79 Å². The van der Waals surface area contributed by atoms with Crippen molar-refractivity contribution in [2.45, 2.75) is 12.3 Å². The number of pyridine rings is 1. The predicted molar refractivity (Wildman–Crippen MR) is 105 cm³/mol. The van der Waals surface area contributed by atoms with Crippen molar-refractivity contribution >= 4 is 22.9 Å². The summed E-state index contributed by atoms with van der Waals surface area (Å²) >= 11 is 0. The molecule has 1 unspecified atom stereocenters. The molecule has 1 atom stereocenters. The molecule has 26 heavy (non-hydrogen) atoms. The normalized spacial score (nSPS) is 12.3. The quantitative estimate of drug-likeness (QED) is 0.643. The van der Waals surface area contributed by atoms with E-state index in [4.69, 9.17) is 0 Å². The molecule has 1 heterocycles. The number of amides is 1. The summed E-state index contributed by atoms with van der Waals surface area (Å²) in [5, 5.41) is 13.3. The molecule has 2 aromatic carbocycles. The van der Waals surface area contributed by atoms with Crippen molar-refractivity contribution < 1.29 is 9.90 Å². The second-order valence-electron chi connectivity index (χ2n) is 6.12. The number of nitrogens with zero attached hydrogens (tertiary/aromatic N) is 1. The molecule has 3 rings (SSSR count). The average Bonchev–Trinajstić information content (AvgIpc) is 2.70. The number of aliphatic hydroxyl groups is 1. The zero-order valence-corrected chi connectivity index (χ0v) is 14.5. The minimum absolute atomic E-state index is 0.0902. The van der Waals surface area contributed by atoms with Gasteiger partial charge in [-0.3, -0.25) is 9.78 Å². The Morgan fingerprint density at radius 2 is 1.88 bits per heavy atom. The Kier molecular flexibility index (Phi) is 6.12. The summed E-state index contributed by atoms with van der Waals surface area (Å²) in [4.78, 5) is 16.6. The van der Waals surface area contributed by atoms with Crippen LogP contribution in [0, 0.1) is 0 Å². The molecular formula is C22H22N2O2. The highest BCUT2D eigenvalue weighted by Gasteiger charge is 2.11. The van der Waals surface area contributed by atoms with E-state index in [1.54, 1.807) is 12.3 Å². The Morgan fingerprint density at radius 1 is 1.08 bits per heavy atom. The van der Waals surface area contributed by atoms with Crippen LogP contribution >= 0.6 is 0 Å². The molecular weight excluding hydrogens is 324 g/mol. The van der Waals surface area contributed by atoms with E-state index in [1.807, 2.05) is 60.7 Å². The van der Waals surface area contributed by atoms with E-state index in [0.29, 0.717) is 13.0 Å². The van der Waals surface area contributed by atoms with Gasteiger partial charge in [-0.15, -0.1) is 0 Å². The summed E-state index contributed by atoms with van der Waals surface area (Å²) in [6, 6.07) is 19.7. The van der Waals surface area contributed by atoms with Crippen LogP contribution in [0.2, 0.25) is 0 Å². The van der Waals surface area contributed by atoms with Crippen LogP contribution in [0.15, 0.2) is 72.9 Å². The molecule has 0 radical (unpaired) electrons. The van der Waals surface area contributed by atoms with Gasteiger partial charge in [0.05, 0.1) is 5.52 Å². The molecule has 0 aliphatic heterocycles. The van der Waals surface area contributed by atoms with Gasteiger partial charge in [0.1, 0.15) is 0 Å². The molecule has 1 aromatic heterocycles. The highest BCUT2D eigenvalue weighted by molar-refractivity contribution is 5.95. The number of carbonyl (C=O) groups is 1. The molecule has 0 aliphatic carbocycles. The third-order valence-electron chi connectivity index (χ3n) is 4.35. The number of carbonyl (C=O) groups excluding carboxylic acids is 1. The molecule has 4 nitrogen and oxygen atoms in total. The zero-order valence-electron chi connectivity index (χ0n) is 14.5.